The van der Waals surface area contributed by atoms with Crippen LogP contribution in [0.3, 0.4) is 0 Å². The number of aliphatic carboxylic acids is 1. The third-order valence-electron chi connectivity index (χ3n) is 4.43. The number of carbonyl (C=O) groups excluding carboxylic acids is 1. The molecule has 1 aromatic carbocycles. The van der Waals surface area contributed by atoms with Crippen molar-refractivity contribution in [2.24, 2.45) is 4.99 Å². The van der Waals surface area contributed by atoms with Crippen molar-refractivity contribution in [1.29, 1.82) is 0 Å². The summed E-state index contributed by atoms with van der Waals surface area (Å²) in [7, 11) is 1.71. The first kappa shape index (κ1) is 22.9. The maximum atomic E-state index is 12.0. The molecule has 1 aliphatic heterocycles. The zero-order chi connectivity index (χ0) is 22.6. The Bertz CT molecular complexity index is 1000. The summed E-state index contributed by atoms with van der Waals surface area (Å²) >= 11 is 1.41. The van der Waals surface area contributed by atoms with E-state index in [9.17, 15) is 9.59 Å². The van der Waals surface area contributed by atoms with Crippen molar-refractivity contribution in [3.8, 4) is 5.75 Å². The summed E-state index contributed by atoms with van der Waals surface area (Å²) in [5.74, 6) is 0.239. The second kappa shape index (κ2) is 9.55. The maximum absolute atomic E-state index is 12.0. The van der Waals surface area contributed by atoms with Crippen molar-refractivity contribution in [2.75, 3.05) is 26.0 Å². The quantitative estimate of drug-likeness (QED) is 0.647. The van der Waals surface area contributed by atoms with E-state index in [0.717, 1.165) is 16.7 Å². The van der Waals surface area contributed by atoms with Gasteiger partial charge in [-0.25, -0.2) is 14.6 Å². The Balaban J connectivity index is 1.54. The van der Waals surface area contributed by atoms with E-state index in [-0.39, 0.29) is 6.09 Å². The smallest absolute Gasteiger partial charge is 0.410 e. The topological polar surface area (TPSA) is 101 Å². The average molecular weight is 446 g/mol. The second-order valence-corrected chi connectivity index (χ2v) is 9.26. The molecule has 166 valence electrons. The molecule has 1 aromatic heterocycles. The average Bonchev–Trinajstić information content (AvgIpc) is 3.20. The molecule has 1 amide bonds. The van der Waals surface area contributed by atoms with Gasteiger partial charge < -0.3 is 19.5 Å². The first-order valence-corrected chi connectivity index (χ1v) is 11.0. The number of hydrogen-bond acceptors (Lipinski definition) is 7. The minimum Gasteiger partial charge on any atom is -0.494 e. The van der Waals surface area contributed by atoms with Gasteiger partial charge >= 0.3 is 12.1 Å². The molecular formula is C22H27N3O5S. The van der Waals surface area contributed by atoms with Crippen molar-refractivity contribution >= 4 is 39.8 Å². The van der Waals surface area contributed by atoms with Gasteiger partial charge in [0.2, 0.25) is 0 Å². The zero-order valence-corrected chi connectivity index (χ0v) is 18.9. The molecule has 1 N–H and O–H groups in total. The minimum absolute atomic E-state index is 0.347. The molecule has 0 fully saturated rings. The fourth-order valence-electron chi connectivity index (χ4n) is 2.88. The fraction of sp³-hybridized carbons (Fsp3) is 0.455. The molecular weight excluding hydrogens is 418 g/mol. The van der Waals surface area contributed by atoms with E-state index in [2.05, 4.69) is 9.98 Å². The molecule has 1 aliphatic rings. The number of hydrogen-bond donors (Lipinski definition) is 1. The van der Waals surface area contributed by atoms with Gasteiger partial charge in [-0.3, -0.25) is 4.99 Å². The van der Waals surface area contributed by atoms with Crippen LogP contribution in [0.5, 0.6) is 5.75 Å². The number of pyridine rings is 1. The van der Waals surface area contributed by atoms with Crippen molar-refractivity contribution in [3.63, 3.8) is 0 Å². The summed E-state index contributed by atoms with van der Waals surface area (Å²) in [5.41, 5.74) is 0.957. The highest BCUT2D eigenvalue weighted by molar-refractivity contribution is 8.14. The number of benzene rings is 1. The number of aliphatic imine (C=N–C) groups is 1. The highest BCUT2D eigenvalue weighted by Crippen LogP contribution is 2.25. The predicted molar refractivity (Wildman–Crippen MR) is 121 cm³/mol. The number of ether oxygens (including phenoxy) is 2. The summed E-state index contributed by atoms with van der Waals surface area (Å²) in [5, 5.41) is 10.7. The third-order valence-corrected chi connectivity index (χ3v) is 5.50. The van der Waals surface area contributed by atoms with Crippen LogP contribution in [0.4, 0.5) is 4.79 Å². The van der Waals surface area contributed by atoms with Crippen LogP contribution >= 0.6 is 11.8 Å². The fourth-order valence-corrected chi connectivity index (χ4v) is 3.87. The van der Waals surface area contributed by atoms with Crippen molar-refractivity contribution in [3.05, 3.63) is 36.0 Å². The van der Waals surface area contributed by atoms with Gasteiger partial charge in [0.15, 0.2) is 6.04 Å². The van der Waals surface area contributed by atoms with Crippen molar-refractivity contribution in [2.45, 2.75) is 38.8 Å². The highest BCUT2D eigenvalue weighted by Gasteiger charge is 2.25. The lowest BCUT2D eigenvalue weighted by Crippen LogP contribution is -2.35. The minimum atomic E-state index is -0.914. The van der Waals surface area contributed by atoms with Crippen molar-refractivity contribution < 1.29 is 24.2 Å². The Morgan fingerprint density at radius 3 is 2.71 bits per heavy atom. The molecule has 2 aromatic rings. The Labute approximate surface area is 185 Å². The van der Waals surface area contributed by atoms with E-state index in [4.69, 9.17) is 14.6 Å². The number of rotatable bonds is 7. The van der Waals surface area contributed by atoms with E-state index in [1.165, 1.54) is 11.8 Å². The van der Waals surface area contributed by atoms with E-state index in [1.54, 1.807) is 11.9 Å². The summed E-state index contributed by atoms with van der Waals surface area (Å²) in [6.07, 6.45) is 0.326. The van der Waals surface area contributed by atoms with Crippen LogP contribution in [0.15, 0.2) is 35.3 Å². The van der Waals surface area contributed by atoms with Gasteiger partial charge in [-0.15, -0.1) is 11.8 Å². The number of carboxylic acid groups (broad SMARTS) is 1. The Morgan fingerprint density at radius 1 is 1.26 bits per heavy atom. The molecule has 0 spiro atoms. The molecule has 0 saturated carbocycles. The summed E-state index contributed by atoms with van der Waals surface area (Å²) in [4.78, 5) is 33.4. The van der Waals surface area contributed by atoms with Gasteiger partial charge in [0, 0.05) is 24.7 Å². The number of aromatic nitrogens is 1. The first-order valence-electron chi connectivity index (χ1n) is 10.0. The summed E-state index contributed by atoms with van der Waals surface area (Å²) in [6.45, 7) is 6.52. The van der Waals surface area contributed by atoms with Gasteiger partial charge in [-0.05, 0) is 51.5 Å². The monoisotopic (exact) mass is 445 g/mol. The molecule has 2 heterocycles. The van der Waals surface area contributed by atoms with Crippen molar-refractivity contribution in [1.82, 2.24) is 9.88 Å². The Morgan fingerprint density at radius 2 is 2.03 bits per heavy atom. The van der Waals surface area contributed by atoms with Crippen LogP contribution in [0, 0.1) is 0 Å². The zero-order valence-electron chi connectivity index (χ0n) is 18.1. The van der Waals surface area contributed by atoms with E-state index < -0.39 is 17.6 Å². The molecule has 0 unspecified atom stereocenters. The van der Waals surface area contributed by atoms with Gasteiger partial charge in [-0.2, -0.15) is 0 Å². The molecule has 8 nitrogen and oxygen atoms in total. The SMILES string of the molecule is CN(CCCOc1ccc2nc(C3=N[C@@H](C(=O)O)CS3)ccc2c1)C(=O)OC(C)(C)C. The van der Waals surface area contributed by atoms with E-state index in [0.29, 0.717) is 36.1 Å². The van der Waals surface area contributed by atoms with E-state index in [1.807, 2.05) is 51.1 Å². The number of nitrogens with zero attached hydrogens (tertiary/aromatic N) is 3. The predicted octanol–water partition coefficient (Wildman–Crippen LogP) is 3.82. The van der Waals surface area contributed by atoms with Crippen LogP contribution in [0.2, 0.25) is 0 Å². The van der Waals surface area contributed by atoms with Gasteiger partial charge in [-0.1, -0.05) is 6.07 Å². The lowest BCUT2D eigenvalue weighted by atomic mass is 10.2. The largest absolute Gasteiger partial charge is 0.494 e. The molecule has 9 heteroatoms. The highest BCUT2D eigenvalue weighted by atomic mass is 32.2. The number of amides is 1. The molecule has 0 radical (unpaired) electrons. The Kier molecular flexibility index (Phi) is 7.04. The molecule has 0 saturated heterocycles. The standard InChI is InChI=1S/C22H27N3O5S/c1-22(2,3)30-21(28)25(4)10-5-11-29-15-7-9-16-14(12-15)6-8-17(23-16)19-24-18(13-31-19)20(26)27/h6-9,12,18H,5,10-11,13H2,1-4H3,(H,26,27)/t18-/m1/s1. The van der Waals surface area contributed by atoms with Crippen LogP contribution in [-0.4, -0.2) is 69.7 Å². The van der Waals surface area contributed by atoms with Gasteiger partial charge in [0.05, 0.1) is 17.8 Å². The second-order valence-electron chi connectivity index (χ2n) is 8.25. The molecule has 1 atom stereocenters. The molecule has 3 rings (SSSR count). The molecule has 0 bridgehead atoms. The van der Waals surface area contributed by atoms with Gasteiger partial charge in [0.1, 0.15) is 16.4 Å². The van der Waals surface area contributed by atoms with Crippen LogP contribution in [0.25, 0.3) is 10.9 Å². The molecule has 0 aliphatic carbocycles. The first-order chi connectivity index (χ1) is 14.6. The third kappa shape index (κ3) is 6.33. The van der Waals surface area contributed by atoms with Gasteiger partial charge in [0.25, 0.3) is 0 Å². The normalized spacial score (nSPS) is 16.1. The van der Waals surface area contributed by atoms with Crippen LogP contribution in [0.1, 0.15) is 32.9 Å². The van der Waals surface area contributed by atoms with Crippen LogP contribution in [-0.2, 0) is 9.53 Å². The van der Waals surface area contributed by atoms with E-state index >= 15 is 0 Å². The summed E-state index contributed by atoms with van der Waals surface area (Å²) < 4.78 is 11.1. The number of carboxylic acids is 1. The van der Waals surface area contributed by atoms with Crippen LogP contribution < -0.4 is 4.74 Å². The number of thioether (sulfide) groups is 1. The summed E-state index contributed by atoms with van der Waals surface area (Å²) in [6, 6.07) is 8.70. The Hall–Kier alpha value is -2.81. The lowest BCUT2D eigenvalue weighted by molar-refractivity contribution is -0.137. The lowest BCUT2D eigenvalue weighted by Gasteiger charge is -2.24. The number of fused-ring (bicyclic) bond motifs is 1. The molecule has 31 heavy (non-hydrogen) atoms. The maximum Gasteiger partial charge on any atom is 0.410 e. The number of carbonyl (C=O) groups is 2.